The number of amides is 1. The van der Waals surface area contributed by atoms with Gasteiger partial charge in [0.25, 0.3) is 11.5 Å². The van der Waals surface area contributed by atoms with E-state index in [0.717, 1.165) is 28.8 Å². The van der Waals surface area contributed by atoms with Crippen molar-refractivity contribution in [3.63, 3.8) is 0 Å². The molecule has 158 valence electrons. The standard InChI is InChI=1S/C24H22BrN3O3/c25-17-8-4-5-15(13-17)20(29)22(31)28-12-9-19-18(14-28)21(30)27-23(26-19)24(10-11-24)16-6-2-1-3-7-16/h1-8,13,20,29H,9-12,14H2,(H,26,27,30)/t20-/m0/s1. The Morgan fingerprint density at radius 1 is 1.16 bits per heavy atom. The van der Waals surface area contributed by atoms with Gasteiger partial charge < -0.3 is 15.0 Å². The van der Waals surface area contributed by atoms with Crippen molar-refractivity contribution in [1.29, 1.82) is 0 Å². The number of aliphatic hydroxyl groups excluding tert-OH is 1. The summed E-state index contributed by atoms with van der Waals surface area (Å²) in [5.74, 6) is 0.312. The molecule has 7 heteroatoms. The van der Waals surface area contributed by atoms with E-state index >= 15 is 0 Å². The van der Waals surface area contributed by atoms with Crippen LogP contribution in [0.3, 0.4) is 0 Å². The number of hydrogen-bond donors (Lipinski definition) is 2. The van der Waals surface area contributed by atoms with Gasteiger partial charge in [0, 0.05) is 17.4 Å². The maximum atomic E-state index is 12.9. The van der Waals surface area contributed by atoms with Gasteiger partial charge in [0.2, 0.25) is 0 Å². The Labute approximate surface area is 188 Å². The summed E-state index contributed by atoms with van der Waals surface area (Å²) >= 11 is 3.36. The van der Waals surface area contributed by atoms with Gasteiger partial charge in [-0.1, -0.05) is 58.4 Å². The number of nitrogens with one attached hydrogen (secondary N) is 1. The van der Waals surface area contributed by atoms with Crippen molar-refractivity contribution in [2.24, 2.45) is 0 Å². The van der Waals surface area contributed by atoms with Crippen LogP contribution in [-0.2, 0) is 23.2 Å². The smallest absolute Gasteiger partial charge is 0.256 e. The van der Waals surface area contributed by atoms with Gasteiger partial charge in [0.15, 0.2) is 6.10 Å². The van der Waals surface area contributed by atoms with Crippen molar-refractivity contribution in [2.75, 3.05) is 6.54 Å². The van der Waals surface area contributed by atoms with Gasteiger partial charge in [-0.3, -0.25) is 9.59 Å². The molecule has 1 atom stereocenters. The average molecular weight is 480 g/mol. The molecular formula is C24H22BrN3O3. The van der Waals surface area contributed by atoms with Gasteiger partial charge in [0.05, 0.1) is 23.2 Å². The second-order valence-electron chi connectivity index (χ2n) is 8.26. The molecule has 2 aromatic carbocycles. The van der Waals surface area contributed by atoms with Crippen LogP contribution in [0.15, 0.2) is 63.9 Å². The molecule has 0 bridgehead atoms. The Bertz CT molecular complexity index is 1200. The lowest BCUT2D eigenvalue weighted by Gasteiger charge is -2.30. The second-order valence-corrected chi connectivity index (χ2v) is 9.17. The minimum atomic E-state index is -1.27. The summed E-state index contributed by atoms with van der Waals surface area (Å²) in [6, 6.07) is 17.2. The number of carbonyl (C=O) groups excluding carboxylic acids is 1. The number of nitrogens with zero attached hydrogens (tertiary/aromatic N) is 2. The molecule has 1 aliphatic carbocycles. The summed E-state index contributed by atoms with van der Waals surface area (Å²) < 4.78 is 0.793. The van der Waals surface area contributed by atoms with E-state index in [9.17, 15) is 14.7 Å². The third-order valence-corrected chi connectivity index (χ3v) is 6.80. The van der Waals surface area contributed by atoms with Crippen LogP contribution < -0.4 is 5.56 Å². The topological polar surface area (TPSA) is 86.3 Å². The highest BCUT2D eigenvalue weighted by Gasteiger charge is 2.48. The molecule has 1 saturated carbocycles. The maximum Gasteiger partial charge on any atom is 0.256 e. The summed E-state index contributed by atoms with van der Waals surface area (Å²) in [5, 5.41) is 10.6. The summed E-state index contributed by atoms with van der Waals surface area (Å²) in [7, 11) is 0. The number of halogens is 1. The first-order valence-corrected chi connectivity index (χ1v) is 11.2. The molecule has 5 rings (SSSR count). The molecule has 2 aliphatic rings. The lowest BCUT2D eigenvalue weighted by Crippen LogP contribution is -2.42. The summed E-state index contributed by atoms with van der Waals surface area (Å²) in [6.45, 7) is 0.575. The van der Waals surface area contributed by atoms with Crippen molar-refractivity contribution < 1.29 is 9.90 Å². The zero-order valence-electron chi connectivity index (χ0n) is 16.8. The van der Waals surface area contributed by atoms with Gasteiger partial charge in [0.1, 0.15) is 5.82 Å². The summed E-state index contributed by atoms with van der Waals surface area (Å²) in [4.78, 5) is 35.2. The molecule has 2 N–H and O–H groups in total. The largest absolute Gasteiger partial charge is 0.378 e. The molecule has 0 saturated heterocycles. The molecule has 2 heterocycles. The fourth-order valence-corrected chi connectivity index (χ4v) is 4.79. The second kappa shape index (κ2) is 7.73. The number of aromatic amines is 1. The molecule has 1 fully saturated rings. The van der Waals surface area contributed by atoms with Gasteiger partial charge in [-0.25, -0.2) is 4.98 Å². The van der Waals surface area contributed by atoms with E-state index in [0.29, 0.717) is 24.1 Å². The van der Waals surface area contributed by atoms with Gasteiger partial charge in [-0.15, -0.1) is 0 Å². The first-order chi connectivity index (χ1) is 15.0. The predicted molar refractivity (Wildman–Crippen MR) is 120 cm³/mol. The van der Waals surface area contributed by atoms with E-state index in [1.165, 1.54) is 10.5 Å². The normalized spacial score (nSPS) is 17.7. The van der Waals surface area contributed by atoms with E-state index in [-0.39, 0.29) is 17.5 Å². The van der Waals surface area contributed by atoms with E-state index < -0.39 is 12.0 Å². The zero-order valence-corrected chi connectivity index (χ0v) is 18.4. The molecule has 0 radical (unpaired) electrons. The Morgan fingerprint density at radius 2 is 1.94 bits per heavy atom. The number of H-pyrrole nitrogens is 1. The maximum absolute atomic E-state index is 12.9. The average Bonchev–Trinajstić information content (AvgIpc) is 3.61. The molecule has 1 aliphatic heterocycles. The van der Waals surface area contributed by atoms with E-state index in [4.69, 9.17) is 4.98 Å². The van der Waals surface area contributed by atoms with Crippen LogP contribution in [0.25, 0.3) is 0 Å². The molecule has 0 spiro atoms. The summed E-state index contributed by atoms with van der Waals surface area (Å²) in [5.41, 5.74) is 2.54. The van der Waals surface area contributed by atoms with Gasteiger partial charge in [-0.2, -0.15) is 0 Å². The molecule has 6 nitrogen and oxygen atoms in total. The lowest BCUT2D eigenvalue weighted by atomic mass is 9.94. The lowest BCUT2D eigenvalue weighted by molar-refractivity contribution is -0.141. The monoisotopic (exact) mass is 479 g/mol. The highest BCUT2D eigenvalue weighted by Crippen LogP contribution is 2.51. The van der Waals surface area contributed by atoms with E-state index in [1.807, 2.05) is 24.3 Å². The number of hydrogen-bond acceptors (Lipinski definition) is 4. The Morgan fingerprint density at radius 3 is 2.65 bits per heavy atom. The van der Waals surface area contributed by atoms with E-state index in [2.05, 4.69) is 33.0 Å². The SMILES string of the molecule is O=C([C@@H](O)c1cccc(Br)c1)N1CCc2nc(C3(c4ccccc4)CC3)[nH]c(=O)c2C1. The van der Waals surface area contributed by atoms with Gasteiger partial charge in [-0.05, 0) is 36.1 Å². The highest BCUT2D eigenvalue weighted by molar-refractivity contribution is 9.10. The van der Waals surface area contributed by atoms with Crippen molar-refractivity contribution in [3.8, 4) is 0 Å². The van der Waals surface area contributed by atoms with Crippen LogP contribution in [0.5, 0.6) is 0 Å². The van der Waals surface area contributed by atoms with Crippen LogP contribution in [0, 0.1) is 0 Å². The molecule has 3 aromatic rings. The van der Waals surface area contributed by atoms with Crippen LogP contribution in [0.2, 0.25) is 0 Å². The fraction of sp³-hybridized carbons (Fsp3) is 0.292. The van der Waals surface area contributed by atoms with Crippen LogP contribution in [-0.4, -0.2) is 32.4 Å². The van der Waals surface area contributed by atoms with Crippen molar-refractivity contribution in [3.05, 3.63) is 97.6 Å². The number of benzene rings is 2. The Kier molecular flexibility index (Phi) is 5.02. The number of fused-ring (bicyclic) bond motifs is 1. The minimum Gasteiger partial charge on any atom is -0.378 e. The van der Waals surface area contributed by atoms with Crippen LogP contribution in [0.4, 0.5) is 0 Å². The van der Waals surface area contributed by atoms with Crippen molar-refractivity contribution in [1.82, 2.24) is 14.9 Å². The first kappa shape index (κ1) is 20.2. The quantitative estimate of drug-likeness (QED) is 0.601. The Hall–Kier alpha value is -2.77. The fourth-order valence-electron chi connectivity index (χ4n) is 4.38. The number of aromatic nitrogens is 2. The predicted octanol–water partition coefficient (Wildman–Crippen LogP) is 3.23. The number of carbonyl (C=O) groups is 1. The van der Waals surface area contributed by atoms with Crippen LogP contribution in [0.1, 0.15) is 47.2 Å². The minimum absolute atomic E-state index is 0.153. The third kappa shape index (κ3) is 3.62. The molecule has 0 unspecified atom stereocenters. The van der Waals surface area contributed by atoms with E-state index in [1.54, 1.807) is 18.2 Å². The number of rotatable bonds is 4. The van der Waals surface area contributed by atoms with Crippen molar-refractivity contribution >= 4 is 21.8 Å². The van der Waals surface area contributed by atoms with Crippen LogP contribution >= 0.6 is 15.9 Å². The summed E-state index contributed by atoms with van der Waals surface area (Å²) in [6.07, 6.45) is 1.15. The molecule has 1 amide bonds. The number of aliphatic hydroxyl groups is 1. The Balaban J connectivity index is 1.40. The molecule has 31 heavy (non-hydrogen) atoms. The van der Waals surface area contributed by atoms with Gasteiger partial charge >= 0.3 is 0 Å². The third-order valence-electron chi connectivity index (χ3n) is 6.31. The van der Waals surface area contributed by atoms with Crippen molar-refractivity contribution in [2.45, 2.75) is 37.3 Å². The highest BCUT2D eigenvalue weighted by atomic mass is 79.9. The zero-order chi connectivity index (χ0) is 21.6. The molecule has 1 aromatic heterocycles. The molecular weight excluding hydrogens is 458 g/mol. The first-order valence-electron chi connectivity index (χ1n) is 10.4.